The summed E-state index contributed by atoms with van der Waals surface area (Å²) < 4.78 is 0. The van der Waals surface area contributed by atoms with Gasteiger partial charge in [-0.3, -0.25) is 0 Å². The molecule has 15 heavy (non-hydrogen) atoms. The topological polar surface area (TPSA) is 6.48 Å². The smallest absolute Gasteiger partial charge is 0.00696 e. The van der Waals surface area contributed by atoms with Gasteiger partial charge in [0.1, 0.15) is 0 Å². The number of rotatable bonds is 0. The number of likely N-dealkylation sites (tertiary alicyclic amines) is 1. The van der Waals surface area contributed by atoms with Crippen LogP contribution in [0.1, 0.15) is 25.7 Å². The van der Waals surface area contributed by atoms with Gasteiger partial charge in [-0.25, -0.2) is 0 Å². The third kappa shape index (κ3) is 7.20. The van der Waals surface area contributed by atoms with E-state index in [-0.39, 0.29) is 0 Å². The minimum absolute atomic E-state index is 1.28. The Morgan fingerprint density at radius 1 is 0.667 bits per heavy atom. The highest BCUT2D eigenvalue weighted by Crippen LogP contribution is 2.06. The van der Waals surface area contributed by atoms with Gasteiger partial charge in [0.05, 0.1) is 0 Å². The largest absolute Gasteiger partial charge is 0.306 e. The van der Waals surface area contributed by atoms with E-state index < -0.39 is 0 Å². The van der Waals surface area contributed by atoms with Crippen LogP contribution in [0.3, 0.4) is 0 Å². The molecule has 3 heteroatoms. The lowest BCUT2D eigenvalue weighted by molar-refractivity contribution is 0.349. The van der Waals surface area contributed by atoms with Crippen molar-refractivity contribution < 1.29 is 0 Å². The van der Waals surface area contributed by atoms with Gasteiger partial charge in [-0.2, -0.15) is 11.8 Å². The first-order valence-electron chi connectivity index (χ1n) is 6.24. The van der Waals surface area contributed by atoms with E-state index >= 15 is 0 Å². The number of hydrogen-bond acceptors (Lipinski definition) is 3. The van der Waals surface area contributed by atoms with Gasteiger partial charge in [-0.05, 0) is 40.0 Å². The highest BCUT2D eigenvalue weighted by atomic mass is 32.2. The molecular formula is C12H26N2S. The second-order valence-electron chi connectivity index (χ2n) is 4.63. The second kappa shape index (κ2) is 8.43. The molecular weight excluding hydrogens is 204 g/mol. The molecule has 0 radical (unpaired) electrons. The highest BCUT2D eigenvalue weighted by Gasteiger charge is 2.02. The zero-order valence-corrected chi connectivity index (χ0v) is 11.2. The number of nitrogens with zero attached hydrogens (tertiary/aromatic N) is 2. The number of thioether (sulfide) groups is 1. The SMILES string of the molecule is CN1CCCCCC1.CN1CCSCC1. The predicted molar refractivity (Wildman–Crippen MR) is 70.8 cm³/mol. The Balaban J connectivity index is 0.000000151. The van der Waals surface area contributed by atoms with E-state index in [1.54, 1.807) is 0 Å². The molecule has 2 saturated heterocycles. The molecule has 2 heterocycles. The van der Waals surface area contributed by atoms with Crippen molar-refractivity contribution in [3.05, 3.63) is 0 Å². The van der Waals surface area contributed by atoms with E-state index in [9.17, 15) is 0 Å². The third-order valence-corrected chi connectivity index (χ3v) is 4.01. The molecule has 0 aromatic heterocycles. The molecule has 0 bridgehead atoms. The van der Waals surface area contributed by atoms with Crippen LogP contribution in [0.4, 0.5) is 0 Å². The molecule has 0 aromatic rings. The van der Waals surface area contributed by atoms with E-state index in [4.69, 9.17) is 0 Å². The van der Waals surface area contributed by atoms with E-state index in [0.29, 0.717) is 0 Å². The van der Waals surface area contributed by atoms with Gasteiger partial charge >= 0.3 is 0 Å². The minimum Gasteiger partial charge on any atom is -0.306 e. The van der Waals surface area contributed by atoms with Crippen LogP contribution in [0, 0.1) is 0 Å². The Morgan fingerprint density at radius 3 is 1.53 bits per heavy atom. The summed E-state index contributed by atoms with van der Waals surface area (Å²) in [5, 5.41) is 0. The first kappa shape index (κ1) is 13.3. The predicted octanol–water partition coefficient (Wildman–Crippen LogP) is 2.16. The third-order valence-electron chi connectivity index (χ3n) is 3.06. The highest BCUT2D eigenvalue weighted by molar-refractivity contribution is 7.99. The molecule has 0 amide bonds. The molecule has 0 spiro atoms. The average Bonchev–Trinajstić information content (AvgIpc) is 2.48. The molecule has 0 saturated carbocycles. The van der Waals surface area contributed by atoms with Gasteiger partial charge in [0, 0.05) is 24.6 Å². The average molecular weight is 230 g/mol. The fraction of sp³-hybridized carbons (Fsp3) is 1.00. The van der Waals surface area contributed by atoms with Crippen LogP contribution in [-0.2, 0) is 0 Å². The summed E-state index contributed by atoms with van der Waals surface area (Å²) in [6, 6.07) is 0. The van der Waals surface area contributed by atoms with E-state index in [2.05, 4.69) is 35.7 Å². The lowest BCUT2D eigenvalue weighted by Gasteiger charge is -2.20. The van der Waals surface area contributed by atoms with Crippen molar-refractivity contribution in [3.8, 4) is 0 Å². The van der Waals surface area contributed by atoms with Gasteiger partial charge in [0.25, 0.3) is 0 Å². The molecule has 0 aromatic carbocycles. The van der Waals surface area contributed by atoms with Crippen LogP contribution in [-0.4, -0.2) is 61.6 Å². The van der Waals surface area contributed by atoms with Crippen LogP contribution in [0.25, 0.3) is 0 Å². The van der Waals surface area contributed by atoms with Gasteiger partial charge < -0.3 is 9.80 Å². The summed E-state index contributed by atoms with van der Waals surface area (Å²) in [4.78, 5) is 4.80. The first-order valence-corrected chi connectivity index (χ1v) is 7.39. The fourth-order valence-electron chi connectivity index (χ4n) is 1.88. The molecule has 0 unspecified atom stereocenters. The molecule has 2 aliphatic rings. The fourth-order valence-corrected chi connectivity index (χ4v) is 2.97. The molecule has 2 aliphatic heterocycles. The zero-order chi connectivity index (χ0) is 10.9. The van der Waals surface area contributed by atoms with E-state index in [1.165, 1.54) is 63.4 Å². The summed E-state index contributed by atoms with van der Waals surface area (Å²) in [7, 11) is 4.39. The van der Waals surface area contributed by atoms with Crippen LogP contribution in [0.2, 0.25) is 0 Å². The van der Waals surface area contributed by atoms with E-state index in [1.807, 2.05) is 0 Å². The summed E-state index contributed by atoms with van der Waals surface area (Å²) in [6.45, 7) is 5.20. The molecule has 0 N–H and O–H groups in total. The maximum atomic E-state index is 2.42. The molecule has 2 fully saturated rings. The number of hydrogen-bond donors (Lipinski definition) is 0. The zero-order valence-electron chi connectivity index (χ0n) is 10.4. The molecule has 2 rings (SSSR count). The molecule has 0 aliphatic carbocycles. The van der Waals surface area contributed by atoms with Crippen molar-refractivity contribution in [2.24, 2.45) is 0 Å². The van der Waals surface area contributed by atoms with Crippen molar-refractivity contribution in [2.75, 3.05) is 51.8 Å². The van der Waals surface area contributed by atoms with Crippen molar-refractivity contribution in [1.29, 1.82) is 0 Å². The summed E-state index contributed by atoms with van der Waals surface area (Å²) in [6.07, 6.45) is 5.72. The standard InChI is InChI=1S/C7H15N.C5H11NS/c1-8-6-4-2-3-5-7-8;1-6-2-4-7-5-3-6/h2-7H2,1H3;2-5H2,1H3. The van der Waals surface area contributed by atoms with Crippen molar-refractivity contribution in [2.45, 2.75) is 25.7 Å². The Kier molecular flexibility index (Phi) is 7.49. The Hall–Kier alpha value is 0.270. The quantitative estimate of drug-likeness (QED) is 0.630. The Labute approximate surface area is 99.4 Å². The van der Waals surface area contributed by atoms with E-state index in [0.717, 1.165) is 0 Å². The molecule has 90 valence electrons. The van der Waals surface area contributed by atoms with Crippen molar-refractivity contribution >= 4 is 11.8 Å². The minimum atomic E-state index is 1.28. The van der Waals surface area contributed by atoms with Gasteiger partial charge in [0.15, 0.2) is 0 Å². The molecule has 0 atom stereocenters. The maximum absolute atomic E-state index is 2.42. The Morgan fingerprint density at radius 2 is 1.13 bits per heavy atom. The van der Waals surface area contributed by atoms with Gasteiger partial charge in [-0.1, -0.05) is 12.8 Å². The summed E-state index contributed by atoms with van der Waals surface area (Å²) in [5.74, 6) is 2.66. The summed E-state index contributed by atoms with van der Waals surface area (Å²) >= 11 is 2.06. The second-order valence-corrected chi connectivity index (χ2v) is 5.86. The maximum Gasteiger partial charge on any atom is 0.00696 e. The summed E-state index contributed by atoms with van der Waals surface area (Å²) in [5.41, 5.74) is 0. The lowest BCUT2D eigenvalue weighted by atomic mass is 10.2. The van der Waals surface area contributed by atoms with Gasteiger partial charge in [-0.15, -0.1) is 0 Å². The lowest BCUT2D eigenvalue weighted by Crippen LogP contribution is -2.28. The monoisotopic (exact) mass is 230 g/mol. The molecule has 2 nitrogen and oxygen atoms in total. The van der Waals surface area contributed by atoms with Crippen LogP contribution >= 0.6 is 11.8 Å². The first-order chi connectivity index (χ1) is 7.29. The van der Waals surface area contributed by atoms with Crippen LogP contribution in [0.15, 0.2) is 0 Å². The van der Waals surface area contributed by atoms with Crippen molar-refractivity contribution in [1.82, 2.24) is 9.80 Å². The van der Waals surface area contributed by atoms with Gasteiger partial charge in [0.2, 0.25) is 0 Å². The van der Waals surface area contributed by atoms with Crippen molar-refractivity contribution in [3.63, 3.8) is 0 Å². The Bertz CT molecular complexity index is 139. The van der Waals surface area contributed by atoms with Crippen LogP contribution < -0.4 is 0 Å². The van der Waals surface area contributed by atoms with Crippen LogP contribution in [0.5, 0.6) is 0 Å². The normalized spacial score (nSPS) is 25.2.